The molecule has 30 heavy (non-hydrogen) atoms. The van der Waals surface area contributed by atoms with E-state index in [2.05, 4.69) is 0 Å². The highest BCUT2D eigenvalue weighted by molar-refractivity contribution is 6.46. The van der Waals surface area contributed by atoms with E-state index >= 15 is 0 Å². The third kappa shape index (κ3) is 3.99. The Kier molecular flexibility index (Phi) is 5.92. The molecule has 2 aromatic carbocycles. The van der Waals surface area contributed by atoms with E-state index in [1.807, 2.05) is 0 Å². The van der Waals surface area contributed by atoms with E-state index in [0.717, 1.165) is 13.1 Å². The predicted molar refractivity (Wildman–Crippen MR) is 108 cm³/mol. The van der Waals surface area contributed by atoms with E-state index in [-0.39, 0.29) is 11.3 Å². The highest BCUT2D eigenvalue weighted by atomic mass is 19.1. The number of ether oxygens (including phenoxy) is 1. The number of ketones is 1. The van der Waals surface area contributed by atoms with Crippen LogP contribution in [0.5, 0.6) is 0 Å². The van der Waals surface area contributed by atoms with Crippen molar-refractivity contribution in [3.63, 3.8) is 0 Å². The van der Waals surface area contributed by atoms with Crippen LogP contribution in [0.2, 0.25) is 0 Å². The molecule has 2 saturated heterocycles. The lowest BCUT2D eigenvalue weighted by atomic mass is 9.95. The predicted octanol–water partition coefficient (Wildman–Crippen LogP) is 1.16. The Morgan fingerprint density at radius 3 is 2.40 bits per heavy atom. The van der Waals surface area contributed by atoms with Crippen molar-refractivity contribution in [2.45, 2.75) is 6.04 Å². The Morgan fingerprint density at radius 1 is 1.07 bits per heavy atom. The van der Waals surface area contributed by atoms with Gasteiger partial charge in [0.15, 0.2) is 0 Å². The Bertz CT molecular complexity index is 953. The van der Waals surface area contributed by atoms with Crippen LogP contribution in [-0.2, 0) is 14.3 Å². The molecule has 2 fully saturated rings. The lowest BCUT2D eigenvalue weighted by Gasteiger charge is -2.29. The highest BCUT2D eigenvalue weighted by Gasteiger charge is 2.46. The van der Waals surface area contributed by atoms with E-state index in [4.69, 9.17) is 4.74 Å². The van der Waals surface area contributed by atoms with Gasteiger partial charge in [-0.2, -0.15) is 0 Å². The summed E-state index contributed by atoms with van der Waals surface area (Å²) in [6, 6.07) is 13.6. The van der Waals surface area contributed by atoms with Crippen molar-refractivity contribution < 1.29 is 28.7 Å². The van der Waals surface area contributed by atoms with Crippen LogP contribution in [0.1, 0.15) is 17.2 Å². The molecule has 156 valence electrons. The number of aliphatic hydroxyl groups excluding tert-OH is 1. The summed E-state index contributed by atoms with van der Waals surface area (Å²) < 4.78 is 18.9. The first-order valence-corrected chi connectivity index (χ1v) is 10.1. The van der Waals surface area contributed by atoms with Gasteiger partial charge in [0.2, 0.25) is 0 Å². The zero-order chi connectivity index (χ0) is 21.1. The SMILES string of the molecule is O=C1C(=O)N(CC[NH+]2CCOCC2)[C@H](c2ccc(F)cc2)C1=C(O)c1ccccc1. The van der Waals surface area contributed by atoms with Crippen LogP contribution >= 0.6 is 0 Å². The number of amides is 1. The molecular weight excluding hydrogens is 387 g/mol. The second-order valence-electron chi connectivity index (χ2n) is 7.52. The second kappa shape index (κ2) is 8.77. The molecule has 0 bridgehead atoms. The van der Waals surface area contributed by atoms with Gasteiger partial charge < -0.3 is 19.6 Å². The number of carbonyl (C=O) groups is 2. The summed E-state index contributed by atoms with van der Waals surface area (Å²) in [5.41, 5.74) is 1.08. The van der Waals surface area contributed by atoms with Crippen molar-refractivity contribution in [1.82, 2.24) is 4.90 Å². The molecule has 2 aliphatic rings. The van der Waals surface area contributed by atoms with E-state index in [1.165, 1.54) is 21.9 Å². The van der Waals surface area contributed by atoms with Crippen molar-refractivity contribution in [3.05, 3.63) is 77.1 Å². The maximum absolute atomic E-state index is 13.5. The monoisotopic (exact) mass is 411 g/mol. The molecule has 2 aliphatic heterocycles. The number of halogens is 1. The van der Waals surface area contributed by atoms with Gasteiger partial charge in [-0.15, -0.1) is 0 Å². The van der Waals surface area contributed by atoms with Crippen molar-refractivity contribution in [2.75, 3.05) is 39.4 Å². The molecule has 0 saturated carbocycles. The Labute approximate surface area is 174 Å². The molecule has 0 radical (unpaired) electrons. The molecule has 0 aromatic heterocycles. The summed E-state index contributed by atoms with van der Waals surface area (Å²) in [6.07, 6.45) is 0. The van der Waals surface area contributed by atoms with E-state index in [9.17, 15) is 19.1 Å². The van der Waals surface area contributed by atoms with E-state index in [0.29, 0.717) is 37.4 Å². The molecule has 2 heterocycles. The minimum absolute atomic E-state index is 0.0368. The van der Waals surface area contributed by atoms with Gasteiger partial charge in [-0.3, -0.25) is 9.59 Å². The van der Waals surface area contributed by atoms with Crippen LogP contribution in [0.4, 0.5) is 4.39 Å². The molecule has 0 unspecified atom stereocenters. The third-order valence-corrected chi connectivity index (χ3v) is 5.68. The number of benzene rings is 2. The number of hydrogen-bond acceptors (Lipinski definition) is 4. The van der Waals surface area contributed by atoms with Gasteiger partial charge in [0.1, 0.15) is 24.7 Å². The highest BCUT2D eigenvalue weighted by Crippen LogP contribution is 2.39. The Morgan fingerprint density at radius 2 is 1.73 bits per heavy atom. The topological polar surface area (TPSA) is 71.3 Å². The fourth-order valence-corrected chi connectivity index (χ4v) is 4.04. The van der Waals surface area contributed by atoms with Gasteiger partial charge >= 0.3 is 0 Å². The van der Waals surface area contributed by atoms with Crippen molar-refractivity contribution in [2.24, 2.45) is 0 Å². The lowest BCUT2D eigenvalue weighted by Crippen LogP contribution is -3.14. The van der Waals surface area contributed by atoms with Gasteiger partial charge in [-0.1, -0.05) is 42.5 Å². The van der Waals surface area contributed by atoms with Gasteiger partial charge in [0, 0.05) is 5.56 Å². The van der Waals surface area contributed by atoms with Crippen LogP contribution in [0.15, 0.2) is 60.2 Å². The molecule has 1 atom stereocenters. The summed E-state index contributed by atoms with van der Waals surface area (Å²) in [5.74, 6) is -1.99. The first kappa shape index (κ1) is 20.3. The number of nitrogens with one attached hydrogen (secondary N) is 1. The fourth-order valence-electron chi connectivity index (χ4n) is 4.04. The van der Waals surface area contributed by atoms with Crippen molar-refractivity contribution >= 4 is 17.4 Å². The molecule has 0 spiro atoms. The summed E-state index contributed by atoms with van der Waals surface area (Å²) in [6.45, 7) is 4.05. The molecule has 7 heteroatoms. The summed E-state index contributed by atoms with van der Waals surface area (Å²) >= 11 is 0. The molecule has 2 aromatic rings. The lowest BCUT2D eigenvalue weighted by molar-refractivity contribution is -0.907. The van der Waals surface area contributed by atoms with Crippen molar-refractivity contribution in [1.29, 1.82) is 0 Å². The maximum atomic E-state index is 13.5. The largest absolute Gasteiger partial charge is 0.507 e. The fraction of sp³-hybridized carbons (Fsp3) is 0.304. The quantitative estimate of drug-likeness (QED) is 0.440. The number of nitrogens with zero attached hydrogens (tertiary/aromatic N) is 1. The third-order valence-electron chi connectivity index (χ3n) is 5.68. The average Bonchev–Trinajstić information content (AvgIpc) is 3.04. The minimum Gasteiger partial charge on any atom is -0.507 e. The average molecular weight is 411 g/mol. The second-order valence-corrected chi connectivity index (χ2v) is 7.52. The van der Waals surface area contributed by atoms with Crippen LogP contribution in [0.3, 0.4) is 0 Å². The number of Topliss-reactive ketones (excluding diaryl/α,β-unsaturated/α-hetero) is 1. The molecule has 4 rings (SSSR count). The van der Waals surface area contributed by atoms with Crippen LogP contribution < -0.4 is 4.90 Å². The number of rotatable bonds is 5. The standard InChI is InChI=1S/C23H23FN2O4/c24-18-8-6-16(7-9-18)20-19(21(27)17-4-2-1-3-5-17)22(28)23(29)26(20)11-10-25-12-14-30-15-13-25/h1-9,20,27H,10-15H2/p+1/t20-/m1/s1. The van der Waals surface area contributed by atoms with Gasteiger partial charge in [-0.25, -0.2) is 4.39 Å². The normalized spacial score (nSPS) is 21.9. The van der Waals surface area contributed by atoms with Crippen LogP contribution in [-0.4, -0.2) is 61.1 Å². The summed E-state index contributed by atoms with van der Waals surface area (Å²) in [7, 11) is 0. The zero-order valence-corrected chi connectivity index (χ0v) is 16.5. The zero-order valence-electron chi connectivity index (χ0n) is 16.5. The van der Waals surface area contributed by atoms with Crippen molar-refractivity contribution in [3.8, 4) is 0 Å². The number of carbonyl (C=O) groups excluding carboxylic acids is 2. The number of quaternary nitrogens is 1. The van der Waals surface area contributed by atoms with E-state index in [1.54, 1.807) is 42.5 Å². The maximum Gasteiger partial charge on any atom is 0.295 e. The van der Waals surface area contributed by atoms with Gasteiger partial charge in [0.25, 0.3) is 11.7 Å². The Hall–Kier alpha value is -3.03. The Balaban J connectivity index is 1.72. The minimum atomic E-state index is -0.758. The molecule has 6 nitrogen and oxygen atoms in total. The first-order valence-electron chi connectivity index (χ1n) is 10.1. The van der Waals surface area contributed by atoms with Crippen LogP contribution in [0, 0.1) is 5.82 Å². The number of likely N-dealkylation sites (tertiary alicyclic amines) is 1. The summed E-state index contributed by atoms with van der Waals surface area (Å²) in [5, 5.41) is 10.9. The molecule has 2 N–H and O–H groups in total. The smallest absolute Gasteiger partial charge is 0.295 e. The van der Waals surface area contributed by atoms with Gasteiger partial charge in [-0.05, 0) is 17.7 Å². The van der Waals surface area contributed by atoms with Gasteiger partial charge in [0.05, 0.1) is 37.9 Å². The number of hydrogen-bond donors (Lipinski definition) is 2. The number of morpholine rings is 1. The molecule has 1 amide bonds. The van der Waals surface area contributed by atoms with E-state index < -0.39 is 23.5 Å². The molecule has 0 aliphatic carbocycles. The summed E-state index contributed by atoms with van der Waals surface area (Å²) in [4.78, 5) is 28.6. The van der Waals surface area contributed by atoms with Crippen LogP contribution in [0.25, 0.3) is 5.76 Å². The number of aliphatic hydroxyl groups is 1. The molecular formula is C23H24FN2O4+. The first-order chi connectivity index (χ1) is 14.6.